The molecule has 0 fully saturated rings. The lowest BCUT2D eigenvalue weighted by Crippen LogP contribution is -2.29. The quantitative estimate of drug-likeness (QED) is 0.592. The van der Waals surface area contributed by atoms with E-state index in [1.807, 2.05) is 0 Å². The van der Waals surface area contributed by atoms with Crippen LogP contribution in [0.2, 0.25) is 0 Å². The Morgan fingerprint density at radius 2 is 2.05 bits per heavy atom. The molecule has 5 heteroatoms. The zero-order valence-corrected chi connectivity index (χ0v) is 14.0. The number of nitrogens with one attached hydrogen (secondary N) is 1. The van der Waals surface area contributed by atoms with Crippen molar-refractivity contribution < 1.29 is 4.79 Å². The lowest BCUT2D eigenvalue weighted by molar-refractivity contribution is 0.0952. The summed E-state index contributed by atoms with van der Waals surface area (Å²) < 4.78 is 0.821. The monoisotopic (exact) mass is 341 g/mol. The fourth-order valence-electron chi connectivity index (χ4n) is 1.79. The largest absolute Gasteiger partial charge is 0.399 e. The minimum atomic E-state index is -0.0739. The van der Waals surface area contributed by atoms with E-state index in [0.29, 0.717) is 23.8 Å². The molecule has 0 aromatic heterocycles. The van der Waals surface area contributed by atoms with Crippen LogP contribution in [-0.4, -0.2) is 37.0 Å². The number of amides is 1. The molecule has 0 heterocycles. The van der Waals surface area contributed by atoms with E-state index in [-0.39, 0.29) is 5.91 Å². The van der Waals surface area contributed by atoms with E-state index in [1.165, 1.54) is 0 Å². The first-order valence-electron chi connectivity index (χ1n) is 6.94. The van der Waals surface area contributed by atoms with Crippen molar-refractivity contribution in [1.29, 1.82) is 0 Å². The van der Waals surface area contributed by atoms with Gasteiger partial charge in [0.2, 0.25) is 0 Å². The third-order valence-electron chi connectivity index (χ3n) is 3.29. The van der Waals surface area contributed by atoms with Crippen LogP contribution in [0.5, 0.6) is 0 Å². The number of hydrogen-bond donors (Lipinski definition) is 2. The van der Waals surface area contributed by atoms with Crippen LogP contribution < -0.4 is 11.1 Å². The maximum Gasteiger partial charge on any atom is 0.251 e. The molecule has 1 aromatic carbocycles. The summed E-state index contributed by atoms with van der Waals surface area (Å²) in [4.78, 5) is 14.3. The Morgan fingerprint density at radius 1 is 1.35 bits per heavy atom. The highest BCUT2D eigenvalue weighted by Crippen LogP contribution is 2.17. The zero-order valence-electron chi connectivity index (χ0n) is 12.4. The highest BCUT2D eigenvalue weighted by atomic mass is 79.9. The summed E-state index contributed by atoms with van der Waals surface area (Å²) in [6.07, 6.45) is 2.06. The molecule has 1 rings (SSSR count). The predicted molar refractivity (Wildman–Crippen MR) is 87.9 cm³/mol. The lowest BCUT2D eigenvalue weighted by atomic mass is 10.2. The van der Waals surface area contributed by atoms with Crippen molar-refractivity contribution in [3.8, 4) is 0 Å². The van der Waals surface area contributed by atoms with E-state index < -0.39 is 0 Å². The van der Waals surface area contributed by atoms with Gasteiger partial charge in [0.15, 0.2) is 0 Å². The molecule has 0 radical (unpaired) electrons. The molecule has 0 bridgehead atoms. The van der Waals surface area contributed by atoms with Gasteiger partial charge in [0.25, 0.3) is 5.91 Å². The smallest absolute Gasteiger partial charge is 0.251 e. The van der Waals surface area contributed by atoms with Crippen molar-refractivity contribution in [2.45, 2.75) is 32.7 Å². The molecule has 0 aliphatic rings. The van der Waals surface area contributed by atoms with Gasteiger partial charge < -0.3 is 16.0 Å². The third-order valence-corrected chi connectivity index (χ3v) is 3.74. The second kappa shape index (κ2) is 8.27. The van der Waals surface area contributed by atoms with E-state index in [2.05, 4.69) is 47.0 Å². The molecular formula is C15H24BrN3O. The molecule has 0 unspecified atom stereocenters. The minimum absolute atomic E-state index is 0.0739. The molecule has 3 N–H and O–H groups in total. The van der Waals surface area contributed by atoms with Crippen LogP contribution in [-0.2, 0) is 0 Å². The fourth-order valence-corrected chi connectivity index (χ4v) is 2.30. The number of nitrogens with two attached hydrogens (primary N) is 1. The van der Waals surface area contributed by atoms with Crippen LogP contribution in [0.25, 0.3) is 0 Å². The Hall–Kier alpha value is -1.07. The first-order chi connectivity index (χ1) is 9.40. The third kappa shape index (κ3) is 5.92. The first-order valence-corrected chi connectivity index (χ1v) is 7.74. The van der Waals surface area contributed by atoms with Crippen LogP contribution in [0.15, 0.2) is 22.7 Å². The van der Waals surface area contributed by atoms with Crippen molar-refractivity contribution >= 4 is 27.5 Å². The molecule has 1 amide bonds. The van der Waals surface area contributed by atoms with E-state index in [9.17, 15) is 4.79 Å². The van der Waals surface area contributed by atoms with Crippen LogP contribution >= 0.6 is 15.9 Å². The number of unbranched alkanes of at least 4 members (excludes halogenated alkanes) is 1. The van der Waals surface area contributed by atoms with Crippen molar-refractivity contribution in [2.75, 3.05) is 25.9 Å². The van der Waals surface area contributed by atoms with Crippen LogP contribution in [0, 0.1) is 0 Å². The molecule has 0 aliphatic heterocycles. The Morgan fingerprint density at radius 3 is 2.65 bits per heavy atom. The van der Waals surface area contributed by atoms with Crippen molar-refractivity contribution in [2.24, 2.45) is 0 Å². The van der Waals surface area contributed by atoms with Gasteiger partial charge in [-0.2, -0.15) is 0 Å². The second-order valence-electron chi connectivity index (χ2n) is 5.31. The number of carbonyl (C=O) groups excluding carboxylic acids is 1. The summed E-state index contributed by atoms with van der Waals surface area (Å²) in [6, 6.07) is 5.80. The molecule has 20 heavy (non-hydrogen) atoms. The molecular weight excluding hydrogens is 318 g/mol. The number of halogens is 1. The summed E-state index contributed by atoms with van der Waals surface area (Å²) in [7, 11) is 2.12. The first kappa shape index (κ1) is 17.0. The SMILES string of the molecule is CC(C)N(C)CCCCNC(=O)c1cc(N)cc(Br)c1. The van der Waals surface area contributed by atoms with Gasteiger partial charge in [0, 0.05) is 28.3 Å². The number of rotatable bonds is 7. The van der Waals surface area contributed by atoms with Crippen LogP contribution in [0.1, 0.15) is 37.0 Å². The molecule has 0 spiro atoms. The molecule has 0 aliphatic carbocycles. The standard InChI is InChI=1S/C15H24BrN3O/c1-11(2)19(3)7-5-4-6-18-15(20)12-8-13(16)10-14(17)9-12/h8-11H,4-7,17H2,1-3H3,(H,18,20). The highest BCUT2D eigenvalue weighted by Gasteiger charge is 2.07. The maximum absolute atomic E-state index is 12.0. The van der Waals surface area contributed by atoms with E-state index in [4.69, 9.17) is 5.73 Å². The summed E-state index contributed by atoms with van der Waals surface area (Å²) in [5.74, 6) is -0.0739. The number of nitrogen functional groups attached to an aromatic ring is 1. The van der Waals surface area contributed by atoms with Crippen molar-refractivity contribution in [1.82, 2.24) is 10.2 Å². The van der Waals surface area contributed by atoms with E-state index >= 15 is 0 Å². The minimum Gasteiger partial charge on any atom is -0.399 e. The van der Waals surface area contributed by atoms with Gasteiger partial charge in [-0.25, -0.2) is 0 Å². The lowest BCUT2D eigenvalue weighted by Gasteiger charge is -2.20. The molecule has 0 saturated carbocycles. The van der Waals surface area contributed by atoms with Gasteiger partial charge in [0.1, 0.15) is 0 Å². The van der Waals surface area contributed by atoms with E-state index in [0.717, 1.165) is 23.9 Å². The molecule has 4 nitrogen and oxygen atoms in total. The average molecular weight is 342 g/mol. The number of anilines is 1. The van der Waals surface area contributed by atoms with E-state index in [1.54, 1.807) is 18.2 Å². The van der Waals surface area contributed by atoms with Gasteiger partial charge in [-0.1, -0.05) is 15.9 Å². The molecule has 112 valence electrons. The summed E-state index contributed by atoms with van der Waals surface area (Å²) in [5, 5.41) is 2.92. The zero-order chi connectivity index (χ0) is 15.1. The van der Waals surface area contributed by atoms with Crippen LogP contribution in [0.3, 0.4) is 0 Å². The van der Waals surface area contributed by atoms with Gasteiger partial charge in [-0.15, -0.1) is 0 Å². The van der Waals surface area contributed by atoms with Gasteiger partial charge in [0.05, 0.1) is 0 Å². The normalized spacial score (nSPS) is 11.1. The summed E-state index contributed by atoms with van der Waals surface area (Å²) in [6.45, 7) is 6.10. The summed E-state index contributed by atoms with van der Waals surface area (Å²) >= 11 is 3.34. The fraction of sp³-hybridized carbons (Fsp3) is 0.533. The summed E-state index contributed by atoms with van der Waals surface area (Å²) in [5.41, 5.74) is 6.90. The number of benzene rings is 1. The average Bonchev–Trinajstić information content (AvgIpc) is 2.36. The predicted octanol–water partition coefficient (Wildman–Crippen LogP) is 2.88. The van der Waals surface area contributed by atoms with Crippen molar-refractivity contribution in [3.63, 3.8) is 0 Å². The highest BCUT2D eigenvalue weighted by molar-refractivity contribution is 9.10. The maximum atomic E-state index is 12.0. The molecule has 0 saturated heterocycles. The number of nitrogens with zero attached hydrogens (tertiary/aromatic N) is 1. The Labute approximate surface area is 129 Å². The Balaban J connectivity index is 2.30. The van der Waals surface area contributed by atoms with Gasteiger partial charge in [-0.3, -0.25) is 4.79 Å². The van der Waals surface area contributed by atoms with Crippen molar-refractivity contribution in [3.05, 3.63) is 28.2 Å². The number of hydrogen-bond acceptors (Lipinski definition) is 3. The Bertz CT molecular complexity index is 428. The second-order valence-corrected chi connectivity index (χ2v) is 6.23. The molecule has 1 aromatic rings. The number of carbonyl (C=O) groups is 1. The van der Waals surface area contributed by atoms with Crippen LogP contribution in [0.4, 0.5) is 5.69 Å². The van der Waals surface area contributed by atoms with Gasteiger partial charge >= 0.3 is 0 Å². The topological polar surface area (TPSA) is 58.4 Å². The van der Waals surface area contributed by atoms with Gasteiger partial charge in [-0.05, 0) is 58.5 Å². The molecule has 0 atom stereocenters. The Kier molecular flexibility index (Phi) is 7.02.